The van der Waals surface area contributed by atoms with E-state index in [1.54, 1.807) is 0 Å². The van der Waals surface area contributed by atoms with Crippen LogP contribution in [0.1, 0.15) is 5.69 Å². The molecule has 0 aliphatic heterocycles. The highest BCUT2D eigenvalue weighted by Crippen LogP contribution is 2.22. The lowest BCUT2D eigenvalue weighted by Crippen LogP contribution is -2.23. The molecule has 1 aromatic rings. The van der Waals surface area contributed by atoms with Gasteiger partial charge in [0.15, 0.2) is 5.69 Å². The first-order chi connectivity index (χ1) is 6.85. The summed E-state index contributed by atoms with van der Waals surface area (Å²) in [5.74, 6) is -1.07. The minimum absolute atomic E-state index is 0.152. The number of alkyl halides is 3. The number of hydrogen-bond donors (Lipinski definition) is 1. The lowest BCUT2D eigenvalue weighted by Gasteiger charge is -2.09. The Hall–Kier alpha value is -1.49. The summed E-state index contributed by atoms with van der Waals surface area (Å²) in [7, 11) is 0. The molecule has 1 N–H and O–H groups in total. The van der Waals surface area contributed by atoms with Crippen molar-refractivity contribution in [2.45, 2.75) is 6.36 Å². The van der Waals surface area contributed by atoms with Gasteiger partial charge in [0.2, 0.25) is 11.2 Å². The summed E-state index contributed by atoms with van der Waals surface area (Å²) in [6.45, 7) is 0. The summed E-state index contributed by atoms with van der Waals surface area (Å²) in [6.07, 6.45) is -3.95. The quantitative estimate of drug-likeness (QED) is 0.856. The first-order valence-electron chi connectivity index (χ1n) is 3.42. The molecule has 4 nitrogen and oxygen atoms in total. The number of nitrogens with zero attached hydrogens (tertiary/aromatic N) is 1. The largest absolute Gasteiger partial charge is 0.573 e. The molecule has 1 heterocycles. The number of aromatic nitrogens is 1. The van der Waals surface area contributed by atoms with Crippen LogP contribution in [-0.2, 0) is 0 Å². The Bertz CT molecular complexity index is 475. The first kappa shape index (κ1) is 11.6. The molecule has 0 saturated carbocycles. The van der Waals surface area contributed by atoms with Crippen LogP contribution < -0.4 is 10.2 Å². The number of rotatable bonds is 1. The fraction of sp³-hybridized carbons (Fsp3) is 0.143. The van der Waals surface area contributed by atoms with Gasteiger partial charge in [-0.15, -0.1) is 13.2 Å². The Morgan fingerprint density at radius 1 is 1.53 bits per heavy atom. The van der Waals surface area contributed by atoms with Crippen LogP contribution in [0.2, 0.25) is 0 Å². The van der Waals surface area contributed by atoms with E-state index >= 15 is 0 Å². The number of hydrogen-bond acceptors (Lipinski definition) is 3. The molecule has 1 aromatic heterocycles. The maximum Gasteiger partial charge on any atom is 0.573 e. The standard InChI is InChI=1S/C7H2BrF3N2O2/c8-3-2-13-4(1-12)6(5(3)14)15-7(9,10)11/h2H,(H,13,14). The highest BCUT2D eigenvalue weighted by Gasteiger charge is 2.34. The zero-order valence-corrected chi connectivity index (χ0v) is 8.44. The van der Waals surface area contributed by atoms with E-state index in [0.29, 0.717) is 0 Å². The Balaban J connectivity index is 3.33. The van der Waals surface area contributed by atoms with Crippen LogP contribution in [0.3, 0.4) is 0 Å². The summed E-state index contributed by atoms with van der Waals surface area (Å²) >= 11 is 2.72. The summed E-state index contributed by atoms with van der Waals surface area (Å²) < 4.78 is 38.9. The minimum Gasteiger partial charge on any atom is -0.398 e. The SMILES string of the molecule is N#Cc1[nH]cc(Br)c(=O)c1OC(F)(F)F. The van der Waals surface area contributed by atoms with Gasteiger partial charge in [-0.25, -0.2) is 0 Å². The normalized spacial score (nSPS) is 10.9. The lowest BCUT2D eigenvalue weighted by molar-refractivity contribution is -0.275. The number of nitriles is 1. The molecule has 0 unspecified atom stereocenters. The molecule has 80 valence electrons. The molecule has 0 fully saturated rings. The molecule has 15 heavy (non-hydrogen) atoms. The van der Waals surface area contributed by atoms with Gasteiger partial charge in [0.1, 0.15) is 6.07 Å². The van der Waals surface area contributed by atoms with Crippen LogP contribution >= 0.6 is 15.9 Å². The molecule has 8 heteroatoms. The Labute approximate surface area is 89.4 Å². The van der Waals surface area contributed by atoms with Gasteiger partial charge in [-0.2, -0.15) is 5.26 Å². The number of halogens is 4. The molecule has 0 spiro atoms. The monoisotopic (exact) mass is 282 g/mol. The van der Waals surface area contributed by atoms with E-state index in [1.165, 1.54) is 6.07 Å². The lowest BCUT2D eigenvalue weighted by atomic mass is 10.3. The van der Waals surface area contributed by atoms with Crippen molar-refractivity contribution in [2.24, 2.45) is 0 Å². The fourth-order valence-corrected chi connectivity index (χ4v) is 1.08. The van der Waals surface area contributed by atoms with Crippen molar-refractivity contribution >= 4 is 15.9 Å². The van der Waals surface area contributed by atoms with E-state index < -0.39 is 23.2 Å². The molecular weight excluding hydrogens is 281 g/mol. The summed E-state index contributed by atoms with van der Waals surface area (Å²) in [5.41, 5.74) is -1.62. The molecule has 0 atom stereocenters. The molecule has 0 aliphatic rings. The predicted molar refractivity (Wildman–Crippen MR) is 46.2 cm³/mol. The Morgan fingerprint density at radius 2 is 2.13 bits per heavy atom. The van der Waals surface area contributed by atoms with Crippen LogP contribution in [0.4, 0.5) is 13.2 Å². The number of aromatic amines is 1. The van der Waals surface area contributed by atoms with E-state index in [0.717, 1.165) is 6.20 Å². The van der Waals surface area contributed by atoms with Crippen LogP contribution in [-0.4, -0.2) is 11.3 Å². The molecule has 0 radical (unpaired) electrons. The smallest absolute Gasteiger partial charge is 0.398 e. The molecule has 0 aliphatic carbocycles. The second kappa shape index (κ2) is 3.94. The molecule has 0 saturated heterocycles. The van der Waals surface area contributed by atoms with Crippen molar-refractivity contribution in [3.05, 3.63) is 26.6 Å². The zero-order chi connectivity index (χ0) is 11.6. The number of pyridine rings is 1. The maximum atomic E-state index is 11.9. The van der Waals surface area contributed by atoms with Gasteiger partial charge in [0.25, 0.3) is 0 Å². The topological polar surface area (TPSA) is 65.9 Å². The third-order valence-electron chi connectivity index (χ3n) is 1.32. The maximum absolute atomic E-state index is 11.9. The molecule has 1 rings (SSSR count). The van der Waals surface area contributed by atoms with E-state index in [-0.39, 0.29) is 4.47 Å². The van der Waals surface area contributed by atoms with Gasteiger partial charge in [-0.05, 0) is 15.9 Å². The van der Waals surface area contributed by atoms with Crippen molar-refractivity contribution in [1.82, 2.24) is 4.98 Å². The van der Waals surface area contributed by atoms with Crippen molar-refractivity contribution in [3.63, 3.8) is 0 Å². The third-order valence-corrected chi connectivity index (χ3v) is 1.91. The first-order valence-corrected chi connectivity index (χ1v) is 4.21. The van der Waals surface area contributed by atoms with Gasteiger partial charge in [-0.1, -0.05) is 0 Å². The molecule has 0 bridgehead atoms. The van der Waals surface area contributed by atoms with Gasteiger partial charge in [-0.3, -0.25) is 4.79 Å². The number of H-pyrrole nitrogens is 1. The van der Waals surface area contributed by atoms with Gasteiger partial charge in [0, 0.05) is 6.20 Å². The second-order valence-corrected chi connectivity index (χ2v) is 3.18. The summed E-state index contributed by atoms with van der Waals surface area (Å²) in [6, 6.07) is 1.38. The van der Waals surface area contributed by atoms with Crippen LogP contribution in [0, 0.1) is 11.3 Å². The second-order valence-electron chi connectivity index (χ2n) is 2.33. The van der Waals surface area contributed by atoms with Crippen LogP contribution in [0.5, 0.6) is 5.75 Å². The van der Waals surface area contributed by atoms with Crippen LogP contribution in [0.15, 0.2) is 15.5 Å². The molecular formula is C7H2BrF3N2O2. The Morgan fingerprint density at radius 3 is 2.60 bits per heavy atom. The number of nitrogens with one attached hydrogen (secondary N) is 1. The number of ether oxygens (including phenoxy) is 1. The van der Waals surface area contributed by atoms with Gasteiger partial charge < -0.3 is 9.72 Å². The highest BCUT2D eigenvalue weighted by molar-refractivity contribution is 9.10. The van der Waals surface area contributed by atoms with Crippen molar-refractivity contribution < 1.29 is 17.9 Å². The minimum atomic E-state index is -5.01. The van der Waals surface area contributed by atoms with Crippen molar-refractivity contribution in [2.75, 3.05) is 0 Å². The summed E-state index contributed by atoms with van der Waals surface area (Å²) in [5, 5.41) is 8.45. The Kier molecular flexibility index (Phi) is 3.04. The molecule has 0 amide bonds. The fourth-order valence-electron chi connectivity index (χ4n) is 0.785. The van der Waals surface area contributed by atoms with Crippen molar-refractivity contribution in [1.29, 1.82) is 5.26 Å². The molecule has 0 aromatic carbocycles. The van der Waals surface area contributed by atoms with E-state index in [4.69, 9.17) is 5.26 Å². The third kappa shape index (κ3) is 2.73. The highest BCUT2D eigenvalue weighted by atomic mass is 79.9. The van der Waals surface area contributed by atoms with Gasteiger partial charge in [0.05, 0.1) is 4.47 Å². The average Bonchev–Trinajstić information content (AvgIpc) is 2.11. The summed E-state index contributed by atoms with van der Waals surface area (Å²) in [4.78, 5) is 13.4. The zero-order valence-electron chi connectivity index (χ0n) is 6.85. The van der Waals surface area contributed by atoms with E-state index in [9.17, 15) is 18.0 Å². The van der Waals surface area contributed by atoms with Gasteiger partial charge >= 0.3 is 6.36 Å². The predicted octanol–water partition coefficient (Wildman–Crippen LogP) is 1.91. The van der Waals surface area contributed by atoms with E-state index in [1.807, 2.05) is 0 Å². The van der Waals surface area contributed by atoms with E-state index in [2.05, 4.69) is 25.7 Å². The van der Waals surface area contributed by atoms with Crippen LogP contribution in [0.25, 0.3) is 0 Å². The van der Waals surface area contributed by atoms with Crippen molar-refractivity contribution in [3.8, 4) is 11.8 Å². The average molecular weight is 283 g/mol.